The molecular weight excluding hydrogens is 352 g/mol. The summed E-state index contributed by atoms with van der Waals surface area (Å²) >= 11 is 0. The van der Waals surface area contributed by atoms with Crippen LogP contribution in [-0.4, -0.2) is 50.3 Å². The normalized spacial score (nSPS) is 17.9. The summed E-state index contributed by atoms with van der Waals surface area (Å²) in [4.78, 5) is 6.95. The Morgan fingerprint density at radius 1 is 1.07 bits per heavy atom. The van der Waals surface area contributed by atoms with Crippen molar-refractivity contribution in [3.05, 3.63) is 53.6 Å². The number of ether oxygens (including phenoxy) is 2. The Labute approximate surface area is 166 Å². The Kier molecular flexibility index (Phi) is 5.13. The molecule has 0 saturated carbocycles. The highest BCUT2D eigenvalue weighted by Crippen LogP contribution is 2.34. The van der Waals surface area contributed by atoms with Crippen molar-refractivity contribution in [1.82, 2.24) is 4.90 Å². The van der Waals surface area contributed by atoms with Gasteiger partial charge in [0.05, 0.1) is 19.8 Å². The lowest BCUT2D eigenvalue weighted by atomic mass is 9.94. The van der Waals surface area contributed by atoms with Gasteiger partial charge in [-0.1, -0.05) is 24.3 Å². The molecule has 0 fully saturated rings. The third kappa shape index (κ3) is 3.78. The van der Waals surface area contributed by atoms with Crippen molar-refractivity contribution in [2.75, 3.05) is 39.2 Å². The number of hydrogen-bond donors (Lipinski definition) is 2. The number of aliphatic imine (C=N–C) groups is 1. The molecule has 6 heteroatoms. The average Bonchev–Trinajstić information content (AvgIpc) is 2.92. The number of benzene rings is 2. The van der Waals surface area contributed by atoms with E-state index < -0.39 is 0 Å². The highest BCUT2D eigenvalue weighted by atomic mass is 16.5. The van der Waals surface area contributed by atoms with Gasteiger partial charge >= 0.3 is 0 Å². The van der Waals surface area contributed by atoms with E-state index in [9.17, 15) is 0 Å². The Morgan fingerprint density at radius 3 is 2.43 bits per heavy atom. The first-order chi connectivity index (χ1) is 13.6. The van der Waals surface area contributed by atoms with Crippen LogP contribution in [0.15, 0.2) is 47.5 Å². The molecule has 0 aromatic heterocycles. The van der Waals surface area contributed by atoms with Crippen LogP contribution in [0.1, 0.15) is 17.5 Å². The molecule has 2 aliphatic rings. The zero-order valence-electron chi connectivity index (χ0n) is 16.6. The lowest BCUT2D eigenvalue weighted by Crippen LogP contribution is -2.48. The molecule has 0 amide bonds. The molecule has 1 aliphatic heterocycles. The average molecular weight is 380 g/mol. The molecule has 0 radical (unpaired) electrons. The molecule has 6 nitrogen and oxygen atoms in total. The standard InChI is InChI=1S/C22H28N4O2/c1-26(2)22(13-16-6-3-4-7-17(16)14-22)15-24-21(23)25-18-8-9-19-20(12-18)28-11-5-10-27-19/h3-4,6-9,12H,5,10-11,13-15H2,1-2H3,(H3,23,24,25). The Balaban J connectivity index is 1.46. The number of nitrogens with two attached hydrogens (primary N) is 1. The van der Waals surface area contributed by atoms with Gasteiger partial charge in [0.15, 0.2) is 17.5 Å². The first kappa shape index (κ1) is 18.6. The zero-order valence-corrected chi connectivity index (χ0v) is 16.6. The van der Waals surface area contributed by atoms with Crippen molar-refractivity contribution in [2.24, 2.45) is 10.7 Å². The molecule has 2 aromatic carbocycles. The van der Waals surface area contributed by atoms with Crippen LogP contribution in [0.3, 0.4) is 0 Å². The summed E-state index contributed by atoms with van der Waals surface area (Å²) in [5, 5.41) is 3.19. The van der Waals surface area contributed by atoms with Gasteiger partial charge in [-0.15, -0.1) is 0 Å². The largest absolute Gasteiger partial charge is 0.490 e. The summed E-state index contributed by atoms with van der Waals surface area (Å²) in [5.74, 6) is 1.92. The van der Waals surface area contributed by atoms with Gasteiger partial charge in [-0.25, -0.2) is 0 Å². The number of hydrogen-bond acceptors (Lipinski definition) is 4. The van der Waals surface area contributed by atoms with Crippen LogP contribution in [0, 0.1) is 0 Å². The minimum atomic E-state index is -0.0410. The molecule has 3 N–H and O–H groups in total. The van der Waals surface area contributed by atoms with Crippen LogP contribution in [0.4, 0.5) is 5.69 Å². The van der Waals surface area contributed by atoms with E-state index in [-0.39, 0.29) is 5.54 Å². The fourth-order valence-corrected chi connectivity index (χ4v) is 3.90. The van der Waals surface area contributed by atoms with Gasteiger partial charge in [0.2, 0.25) is 0 Å². The minimum Gasteiger partial charge on any atom is -0.490 e. The van der Waals surface area contributed by atoms with Crippen molar-refractivity contribution < 1.29 is 9.47 Å². The molecule has 0 saturated heterocycles. The Morgan fingerprint density at radius 2 is 1.75 bits per heavy atom. The van der Waals surface area contributed by atoms with Crippen molar-refractivity contribution in [1.29, 1.82) is 0 Å². The van der Waals surface area contributed by atoms with Crippen LogP contribution in [0.2, 0.25) is 0 Å². The van der Waals surface area contributed by atoms with Gasteiger partial charge in [0.25, 0.3) is 0 Å². The fraction of sp³-hybridized carbons (Fsp3) is 0.409. The fourth-order valence-electron chi connectivity index (χ4n) is 3.90. The first-order valence-corrected chi connectivity index (χ1v) is 9.77. The van der Waals surface area contributed by atoms with Crippen LogP contribution >= 0.6 is 0 Å². The first-order valence-electron chi connectivity index (χ1n) is 9.77. The van der Waals surface area contributed by atoms with Crippen LogP contribution < -0.4 is 20.5 Å². The minimum absolute atomic E-state index is 0.0410. The number of fused-ring (bicyclic) bond motifs is 2. The number of nitrogens with one attached hydrogen (secondary N) is 1. The van der Waals surface area contributed by atoms with Gasteiger partial charge < -0.3 is 25.4 Å². The number of guanidine groups is 1. The number of likely N-dealkylation sites (N-methyl/N-ethyl adjacent to an activating group) is 1. The zero-order chi connectivity index (χ0) is 19.6. The highest BCUT2D eigenvalue weighted by Gasteiger charge is 2.39. The van der Waals surface area contributed by atoms with Gasteiger partial charge in [-0.05, 0) is 50.2 Å². The van der Waals surface area contributed by atoms with E-state index in [1.54, 1.807) is 0 Å². The molecule has 0 atom stereocenters. The van der Waals surface area contributed by atoms with Crippen LogP contribution in [-0.2, 0) is 12.8 Å². The summed E-state index contributed by atoms with van der Waals surface area (Å²) in [6.07, 6.45) is 2.85. The van der Waals surface area contributed by atoms with Crippen LogP contribution in [0.25, 0.3) is 0 Å². The van der Waals surface area contributed by atoms with Gasteiger partial charge in [-0.3, -0.25) is 4.99 Å². The lowest BCUT2D eigenvalue weighted by Gasteiger charge is -2.35. The monoisotopic (exact) mass is 380 g/mol. The second-order valence-corrected chi connectivity index (χ2v) is 7.78. The van der Waals surface area contributed by atoms with E-state index in [4.69, 9.17) is 15.2 Å². The topological polar surface area (TPSA) is 72.1 Å². The SMILES string of the molecule is CN(C)C1(CN=C(N)Nc2ccc3c(c2)OCCCO3)Cc2ccccc2C1. The van der Waals surface area contributed by atoms with E-state index in [1.807, 2.05) is 18.2 Å². The number of nitrogens with zero attached hydrogens (tertiary/aromatic N) is 2. The number of rotatable bonds is 4. The molecule has 1 aliphatic carbocycles. The number of anilines is 1. The molecule has 0 spiro atoms. The summed E-state index contributed by atoms with van der Waals surface area (Å²) < 4.78 is 11.4. The molecule has 148 valence electrons. The maximum atomic E-state index is 6.20. The van der Waals surface area contributed by atoms with E-state index in [0.717, 1.165) is 36.4 Å². The second-order valence-electron chi connectivity index (χ2n) is 7.78. The quantitative estimate of drug-likeness (QED) is 0.630. The second kappa shape index (κ2) is 7.72. The molecule has 2 aromatic rings. The summed E-state index contributed by atoms with van der Waals surface area (Å²) in [7, 11) is 4.24. The van der Waals surface area contributed by atoms with Gasteiger partial charge in [0, 0.05) is 23.7 Å². The molecule has 1 heterocycles. The van der Waals surface area contributed by atoms with Gasteiger partial charge in [-0.2, -0.15) is 0 Å². The van der Waals surface area contributed by atoms with Crippen molar-refractivity contribution in [3.8, 4) is 11.5 Å². The molecule has 0 bridgehead atoms. The predicted molar refractivity (Wildman–Crippen MR) is 112 cm³/mol. The molecular formula is C22H28N4O2. The van der Waals surface area contributed by atoms with Gasteiger partial charge in [0.1, 0.15) is 0 Å². The van der Waals surface area contributed by atoms with E-state index in [2.05, 4.69) is 53.6 Å². The van der Waals surface area contributed by atoms with Crippen molar-refractivity contribution in [3.63, 3.8) is 0 Å². The molecule has 0 unspecified atom stereocenters. The maximum Gasteiger partial charge on any atom is 0.193 e. The highest BCUT2D eigenvalue weighted by molar-refractivity contribution is 5.92. The Bertz CT molecular complexity index is 854. The molecule has 4 rings (SSSR count). The van der Waals surface area contributed by atoms with Crippen LogP contribution in [0.5, 0.6) is 11.5 Å². The summed E-state index contributed by atoms with van der Waals surface area (Å²) in [5.41, 5.74) is 9.82. The molecule has 28 heavy (non-hydrogen) atoms. The third-order valence-electron chi connectivity index (χ3n) is 5.67. The third-order valence-corrected chi connectivity index (χ3v) is 5.67. The predicted octanol–water partition coefficient (Wildman–Crippen LogP) is 2.67. The van der Waals surface area contributed by atoms with E-state index in [1.165, 1.54) is 11.1 Å². The Hall–Kier alpha value is -2.73. The lowest BCUT2D eigenvalue weighted by molar-refractivity contribution is 0.172. The van der Waals surface area contributed by atoms with E-state index >= 15 is 0 Å². The summed E-state index contributed by atoms with van der Waals surface area (Å²) in [6, 6.07) is 14.4. The maximum absolute atomic E-state index is 6.20. The van der Waals surface area contributed by atoms with Crippen molar-refractivity contribution >= 4 is 11.6 Å². The smallest absolute Gasteiger partial charge is 0.193 e. The summed E-state index contributed by atoms with van der Waals surface area (Å²) in [6.45, 7) is 1.97. The van der Waals surface area contributed by atoms with E-state index in [0.29, 0.717) is 25.7 Å². The van der Waals surface area contributed by atoms with Crippen molar-refractivity contribution in [2.45, 2.75) is 24.8 Å².